The first-order valence-electron chi connectivity index (χ1n) is 9.89. The Hall–Kier alpha value is -3.54. The van der Waals surface area contributed by atoms with Crippen LogP contribution in [0.15, 0.2) is 48.5 Å². The van der Waals surface area contributed by atoms with Crippen molar-refractivity contribution >= 4 is 23.1 Å². The highest BCUT2D eigenvalue weighted by molar-refractivity contribution is 6.00. The number of benzene rings is 2. The molecule has 0 atom stereocenters. The summed E-state index contributed by atoms with van der Waals surface area (Å²) in [7, 11) is 0. The summed E-state index contributed by atoms with van der Waals surface area (Å²) in [6, 6.07) is 13.9. The normalized spacial score (nSPS) is 15.0. The number of phenolic OH excluding ortho intramolecular Hbond substituents is 1. The predicted octanol–water partition coefficient (Wildman–Crippen LogP) is 4.49. The van der Waals surface area contributed by atoms with E-state index < -0.39 is 5.91 Å². The van der Waals surface area contributed by atoms with Gasteiger partial charge in [0, 0.05) is 34.7 Å². The molecule has 0 aliphatic heterocycles. The van der Waals surface area contributed by atoms with E-state index in [1.54, 1.807) is 30.3 Å². The second-order valence-electron chi connectivity index (χ2n) is 8.69. The monoisotopic (exact) mass is 403 g/mol. The highest BCUT2D eigenvalue weighted by Gasteiger charge is 2.34. The van der Waals surface area contributed by atoms with Gasteiger partial charge >= 0.3 is 0 Å². The number of Topliss-reactive ketones (excluding diaryl/α,β-unsaturated/α-hetero) is 1. The van der Waals surface area contributed by atoms with Crippen LogP contribution in [0.5, 0.6) is 5.75 Å². The third kappa shape index (κ3) is 3.56. The number of carbonyl (C=O) groups excluding carboxylic acids is 2. The number of aromatic nitrogens is 1. The van der Waals surface area contributed by atoms with Gasteiger partial charge in [0.05, 0.1) is 11.3 Å². The Morgan fingerprint density at radius 2 is 1.80 bits per heavy atom. The van der Waals surface area contributed by atoms with Gasteiger partial charge in [-0.1, -0.05) is 13.8 Å². The molecule has 0 unspecified atom stereocenters. The topological polar surface area (TPSA) is 97.3 Å². The predicted molar refractivity (Wildman–Crippen MR) is 117 cm³/mol. The van der Waals surface area contributed by atoms with Gasteiger partial charge in [-0.25, -0.2) is 0 Å². The number of fused-ring (bicyclic) bond motifs is 1. The van der Waals surface area contributed by atoms with E-state index in [1.807, 2.05) is 25.1 Å². The van der Waals surface area contributed by atoms with Gasteiger partial charge in [-0.15, -0.1) is 0 Å². The lowest BCUT2D eigenvalue weighted by molar-refractivity contribution is 0.0910. The van der Waals surface area contributed by atoms with Crippen LogP contribution in [0.25, 0.3) is 5.69 Å². The van der Waals surface area contributed by atoms with E-state index in [2.05, 4.69) is 23.7 Å². The fourth-order valence-corrected chi connectivity index (χ4v) is 4.20. The molecule has 0 radical (unpaired) electrons. The molecule has 0 spiro atoms. The molecule has 0 saturated carbocycles. The molecule has 1 aliphatic carbocycles. The quantitative estimate of drug-likeness (QED) is 0.559. The van der Waals surface area contributed by atoms with Crippen LogP contribution in [0.1, 0.15) is 52.4 Å². The number of hydrogen-bond acceptors (Lipinski definition) is 4. The lowest BCUT2D eigenvalue weighted by atomic mass is 9.76. The average Bonchev–Trinajstić information content (AvgIpc) is 2.98. The first kappa shape index (κ1) is 19.8. The zero-order chi connectivity index (χ0) is 21.6. The van der Waals surface area contributed by atoms with Gasteiger partial charge in [-0.3, -0.25) is 9.59 Å². The number of aromatic hydroxyl groups is 1. The van der Waals surface area contributed by atoms with Gasteiger partial charge in [0.1, 0.15) is 5.75 Å². The minimum Gasteiger partial charge on any atom is -0.508 e. The van der Waals surface area contributed by atoms with Gasteiger partial charge in [-0.05, 0) is 67.3 Å². The largest absolute Gasteiger partial charge is 0.508 e. The molecule has 4 N–H and O–H groups in total. The van der Waals surface area contributed by atoms with E-state index in [1.165, 1.54) is 0 Å². The minimum atomic E-state index is -0.537. The van der Waals surface area contributed by atoms with Crippen LogP contribution in [0.4, 0.5) is 11.4 Å². The Balaban J connectivity index is 1.82. The summed E-state index contributed by atoms with van der Waals surface area (Å²) in [6.45, 7) is 6.19. The van der Waals surface area contributed by atoms with Crippen LogP contribution < -0.4 is 11.1 Å². The molecule has 3 aromatic rings. The fraction of sp³-hybridized carbons (Fsp3) is 0.250. The zero-order valence-electron chi connectivity index (χ0n) is 17.3. The van der Waals surface area contributed by atoms with Crippen molar-refractivity contribution in [1.82, 2.24) is 4.57 Å². The van der Waals surface area contributed by atoms with Gasteiger partial charge in [0.25, 0.3) is 5.91 Å². The lowest BCUT2D eigenvalue weighted by Gasteiger charge is -2.30. The van der Waals surface area contributed by atoms with E-state index in [4.69, 9.17) is 5.73 Å². The molecule has 0 fully saturated rings. The molecule has 30 heavy (non-hydrogen) atoms. The van der Waals surface area contributed by atoms with E-state index >= 15 is 0 Å². The number of ketones is 1. The maximum absolute atomic E-state index is 12.7. The van der Waals surface area contributed by atoms with Gasteiger partial charge < -0.3 is 20.7 Å². The third-order valence-corrected chi connectivity index (χ3v) is 5.55. The number of rotatable bonds is 4. The van der Waals surface area contributed by atoms with E-state index in [0.717, 1.165) is 34.7 Å². The molecule has 1 amide bonds. The van der Waals surface area contributed by atoms with Crippen LogP contribution in [0.2, 0.25) is 0 Å². The first-order valence-corrected chi connectivity index (χ1v) is 9.89. The maximum atomic E-state index is 12.7. The summed E-state index contributed by atoms with van der Waals surface area (Å²) in [4.78, 5) is 24.7. The number of amides is 1. The van der Waals surface area contributed by atoms with Crippen molar-refractivity contribution in [3.63, 3.8) is 0 Å². The zero-order valence-corrected chi connectivity index (χ0v) is 17.3. The smallest absolute Gasteiger partial charge is 0.250 e. The molecule has 1 aromatic heterocycles. The van der Waals surface area contributed by atoms with Gasteiger partial charge in [0.15, 0.2) is 5.78 Å². The summed E-state index contributed by atoms with van der Waals surface area (Å²) in [5, 5.41) is 12.7. The first-order chi connectivity index (χ1) is 14.1. The second kappa shape index (κ2) is 7.06. The van der Waals surface area contributed by atoms with Gasteiger partial charge in [-0.2, -0.15) is 0 Å². The van der Waals surface area contributed by atoms with Crippen molar-refractivity contribution in [2.24, 2.45) is 11.1 Å². The summed E-state index contributed by atoms with van der Waals surface area (Å²) in [6.07, 6.45) is 1.33. The number of phenols is 1. The highest BCUT2D eigenvalue weighted by atomic mass is 16.3. The molecule has 154 valence electrons. The molecule has 6 heteroatoms. The molecule has 4 rings (SSSR count). The van der Waals surface area contributed by atoms with Crippen LogP contribution >= 0.6 is 0 Å². The number of hydrogen-bond donors (Lipinski definition) is 3. The lowest BCUT2D eigenvalue weighted by Crippen LogP contribution is -2.27. The number of nitrogens with one attached hydrogen (secondary N) is 1. The summed E-state index contributed by atoms with van der Waals surface area (Å²) < 4.78 is 2.08. The van der Waals surface area contributed by atoms with Gasteiger partial charge in [0.2, 0.25) is 0 Å². The highest BCUT2D eigenvalue weighted by Crippen LogP contribution is 2.38. The number of primary amides is 1. The number of nitrogens with zero attached hydrogens (tertiary/aromatic N) is 1. The van der Waals surface area contributed by atoms with Crippen LogP contribution in [-0.4, -0.2) is 21.4 Å². The summed E-state index contributed by atoms with van der Waals surface area (Å²) in [5.74, 6) is -0.212. The summed E-state index contributed by atoms with van der Waals surface area (Å²) in [5.41, 5.74) is 10.7. The molecule has 0 saturated heterocycles. The van der Waals surface area contributed by atoms with E-state index in [0.29, 0.717) is 17.7 Å². The average molecular weight is 403 g/mol. The molecule has 2 aromatic carbocycles. The van der Waals surface area contributed by atoms with Crippen molar-refractivity contribution in [1.29, 1.82) is 0 Å². The maximum Gasteiger partial charge on any atom is 0.250 e. The second-order valence-corrected chi connectivity index (χ2v) is 8.69. The van der Waals surface area contributed by atoms with Crippen LogP contribution in [-0.2, 0) is 6.42 Å². The van der Waals surface area contributed by atoms with Crippen LogP contribution in [0, 0.1) is 12.3 Å². The number of carbonyl (C=O) groups is 2. The Labute approximate surface area is 175 Å². The SMILES string of the molecule is Cc1cc2c(n1-c1ccc(C(N)=O)c(Nc3ccc(O)cc3)c1)CC(C)(C)CC2=O. The van der Waals surface area contributed by atoms with Crippen molar-refractivity contribution < 1.29 is 14.7 Å². The standard InChI is InChI=1S/C24H25N3O3/c1-14-10-19-21(12-24(2,3)13-22(19)29)27(14)16-6-9-18(23(25)30)20(11-16)26-15-4-7-17(28)8-5-15/h4-11,26,28H,12-13H2,1-3H3,(H2,25,30). The van der Waals surface area contributed by atoms with Crippen LogP contribution in [0.3, 0.4) is 0 Å². The number of aryl methyl sites for hydroxylation is 1. The molecule has 6 nitrogen and oxygen atoms in total. The Bertz CT molecular complexity index is 1160. The molecule has 0 bridgehead atoms. The van der Waals surface area contributed by atoms with Crippen molar-refractivity contribution in [3.05, 3.63) is 71.0 Å². The van der Waals surface area contributed by atoms with E-state index in [-0.39, 0.29) is 16.9 Å². The Morgan fingerprint density at radius 3 is 2.47 bits per heavy atom. The molecular formula is C24H25N3O3. The van der Waals surface area contributed by atoms with Crippen molar-refractivity contribution in [2.75, 3.05) is 5.32 Å². The number of nitrogens with two attached hydrogens (primary N) is 1. The Morgan fingerprint density at radius 1 is 1.10 bits per heavy atom. The third-order valence-electron chi connectivity index (χ3n) is 5.55. The molecule has 1 heterocycles. The minimum absolute atomic E-state index is 0.104. The fourth-order valence-electron chi connectivity index (χ4n) is 4.20. The summed E-state index contributed by atoms with van der Waals surface area (Å²) >= 11 is 0. The molecule has 1 aliphatic rings. The van der Waals surface area contributed by atoms with Crippen molar-refractivity contribution in [3.8, 4) is 11.4 Å². The Kier molecular flexibility index (Phi) is 4.65. The molecular weight excluding hydrogens is 378 g/mol. The van der Waals surface area contributed by atoms with E-state index in [9.17, 15) is 14.7 Å². The number of anilines is 2. The van der Waals surface area contributed by atoms with Crippen molar-refractivity contribution in [2.45, 2.75) is 33.6 Å².